The molecule has 0 bridgehead atoms. The van der Waals surface area contributed by atoms with Crippen LogP contribution in [0.1, 0.15) is 10.4 Å². The maximum absolute atomic E-state index is 10.8. The molecule has 72 valence electrons. The van der Waals surface area contributed by atoms with Crippen molar-refractivity contribution in [2.45, 2.75) is 4.90 Å². The van der Waals surface area contributed by atoms with Crippen LogP contribution in [0.2, 0.25) is 0 Å². The largest absolute Gasteiger partial charge is 0.495 e. The minimum atomic E-state index is 0.570. The molecule has 1 aromatic heterocycles. The summed E-state index contributed by atoms with van der Waals surface area (Å²) in [5, 5.41) is 2.97. The number of hydrogen-bond donors (Lipinski definition) is 1. The van der Waals surface area contributed by atoms with E-state index in [1.165, 1.54) is 0 Å². The molecule has 0 fully saturated rings. The van der Waals surface area contributed by atoms with Gasteiger partial charge in [0.15, 0.2) is 6.29 Å². The zero-order chi connectivity index (χ0) is 10.1. The van der Waals surface area contributed by atoms with E-state index in [1.54, 1.807) is 18.4 Å². The first-order valence-electron chi connectivity index (χ1n) is 4.00. The normalized spacial score (nSPS) is 10.4. The van der Waals surface area contributed by atoms with Crippen molar-refractivity contribution in [2.75, 3.05) is 7.11 Å². The summed E-state index contributed by atoms with van der Waals surface area (Å²) in [5.74, 6) is 0.675. The molecule has 0 N–H and O–H groups in total. The fourth-order valence-corrected chi connectivity index (χ4v) is 2.55. The Morgan fingerprint density at radius 1 is 1.57 bits per heavy atom. The van der Waals surface area contributed by atoms with E-state index in [4.69, 9.17) is 4.74 Å². The van der Waals surface area contributed by atoms with E-state index in [0.717, 1.165) is 16.4 Å². The van der Waals surface area contributed by atoms with Crippen LogP contribution in [0, 0.1) is 0 Å². The summed E-state index contributed by atoms with van der Waals surface area (Å²) in [6, 6.07) is 3.80. The second-order valence-electron chi connectivity index (χ2n) is 2.80. The minimum absolute atomic E-state index is 0.570. The van der Waals surface area contributed by atoms with Gasteiger partial charge in [-0.25, -0.2) is 0 Å². The molecule has 0 amide bonds. The predicted molar refractivity (Wildman–Crippen MR) is 61.0 cm³/mol. The van der Waals surface area contributed by atoms with Crippen LogP contribution >= 0.6 is 24.0 Å². The van der Waals surface area contributed by atoms with E-state index in [2.05, 4.69) is 12.6 Å². The van der Waals surface area contributed by atoms with E-state index in [9.17, 15) is 4.79 Å². The van der Waals surface area contributed by atoms with Gasteiger partial charge >= 0.3 is 0 Å². The molecule has 1 heterocycles. The van der Waals surface area contributed by atoms with Crippen molar-refractivity contribution < 1.29 is 9.53 Å². The van der Waals surface area contributed by atoms with E-state index in [1.807, 2.05) is 17.5 Å². The highest BCUT2D eigenvalue weighted by atomic mass is 32.1. The Kier molecular flexibility index (Phi) is 2.48. The third-order valence-corrected chi connectivity index (χ3v) is 3.37. The Balaban J connectivity index is 2.87. The highest BCUT2D eigenvalue weighted by molar-refractivity contribution is 7.80. The molecule has 4 heteroatoms. The average Bonchev–Trinajstić information content (AvgIpc) is 2.64. The minimum Gasteiger partial charge on any atom is -0.495 e. The lowest BCUT2D eigenvalue weighted by atomic mass is 10.1. The van der Waals surface area contributed by atoms with Gasteiger partial charge in [0, 0.05) is 15.6 Å². The molecule has 0 atom stereocenters. The quantitative estimate of drug-likeness (QED) is 0.627. The maximum Gasteiger partial charge on any atom is 0.151 e. The highest BCUT2D eigenvalue weighted by Crippen LogP contribution is 2.36. The Morgan fingerprint density at radius 2 is 2.36 bits per heavy atom. The van der Waals surface area contributed by atoms with Crippen LogP contribution < -0.4 is 4.74 Å². The van der Waals surface area contributed by atoms with E-state index < -0.39 is 0 Å². The Morgan fingerprint density at radius 3 is 3.00 bits per heavy atom. The summed E-state index contributed by atoms with van der Waals surface area (Å²) < 4.78 is 6.27. The summed E-state index contributed by atoms with van der Waals surface area (Å²) in [6.07, 6.45) is 0.796. The molecule has 0 unspecified atom stereocenters. The van der Waals surface area contributed by atoms with Gasteiger partial charge in [0.05, 0.1) is 12.0 Å². The summed E-state index contributed by atoms with van der Waals surface area (Å²) in [7, 11) is 1.58. The van der Waals surface area contributed by atoms with Crippen LogP contribution in [0.5, 0.6) is 5.75 Å². The zero-order valence-electron chi connectivity index (χ0n) is 7.48. The molecule has 0 saturated heterocycles. The number of aldehydes is 1. The van der Waals surface area contributed by atoms with Gasteiger partial charge in [-0.05, 0) is 17.5 Å². The van der Waals surface area contributed by atoms with Gasteiger partial charge in [0.25, 0.3) is 0 Å². The van der Waals surface area contributed by atoms with Crippen molar-refractivity contribution in [3.05, 3.63) is 23.1 Å². The van der Waals surface area contributed by atoms with Crippen LogP contribution in [0.25, 0.3) is 10.1 Å². The number of methoxy groups -OCH3 is 1. The van der Waals surface area contributed by atoms with Crippen LogP contribution in [-0.4, -0.2) is 13.4 Å². The number of thiol groups is 1. The van der Waals surface area contributed by atoms with E-state index in [0.29, 0.717) is 16.2 Å². The van der Waals surface area contributed by atoms with Gasteiger partial charge in [-0.2, -0.15) is 0 Å². The number of ether oxygens (including phenoxy) is 1. The predicted octanol–water partition coefficient (Wildman–Crippen LogP) is 3.01. The van der Waals surface area contributed by atoms with Crippen molar-refractivity contribution in [3.8, 4) is 5.75 Å². The van der Waals surface area contributed by atoms with Gasteiger partial charge < -0.3 is 4.74 Å². The van der Waals surface area contributed by atoms with Crippen molar-refractivity contribution in [3.63, 3.8) is 0 Å². The molecule has 2 nitrogen and oxygen atoms in total. The van der Waals surface area contributed by atoms with Gasteiger partial charge in [-0.1, -0.05) is 0 Å². The maximum atomic E-state index is 10.8. The van der Waals surface area contributed by atoms with Crippen LogP contribution in [0.3, 0.4) is 0 Å². The first-order chi connectivity index (χ1) is 6.77. The smallest absolute Gasteiger partial charge is 0.151 e. The molecule has 0 radical (unpaired) electrons. The van der Waals surface area contributed by atoms with Crippen molar-refractivity contribution in [1.82, 2.24) is 0 Å². The lowest BCUT2D eigenvalue weighted by molar-refractivity contribution is 0.112. The molecule has 0 spiro atoms. The molecule has 2 aromatic rings. The number of carbonyl (C=O) groups excluding carboxylic acids is 1. The highest BCUT2D eigenvalue weighted by Gasteiger charge is 2.11. The molecule has 0 saturated carbocycles. The number of thiophene rings is 1. The van der Waals surface area contributed by atoms with Gasteiger partial charge in [0.1, 0.15) is 5.75 Å². The second-order valence-corrected chi connectivity index (χ2v) is 4.19. The number of rotatable bonds is 2. The van der Waals surface area contributed by atoms with Crippen molar-refractivity contribution >= 4 is 40.3 Å². The van der Waals surface area contributed by atoms with Gasteiger partial charge in [-0.15, -0.1) is 24.0 Å². The first kappa shape index (κ1) is 9.55. The van der Waals surface area contributed by atoms with Gasteiger partial charge in [-0.3, -0.25) is 4.79 Å². The summed E-state index contributed by atoms with van der Waals surface area (Å²) >= 11 is 5.85. The number of fused-ring (bicyclic) bond motifs is 1. The summed E-state index contributed by atoms with van der Waals surface area (Å²) in [6.45, 7) is 0. The zero-order valence-corrected chi connectivity index (χ0v) is 9.19. The molecule has 1 aromatic carbocycles. The first-order valence-corrected chi connectivity index (χ1v) is 5.33. The van der Waals surface area contributed by atoms with Crippen molar-refractivity contribution in [2.24, 2.45) is 0 Å². The van der Waals surface area contributed by atoms with Gasteiger partial charge in [0.2, 0.25) is 0 Å². The topological polar surface area (TPSA) is 26.3 Å². The molecule has 0 aliphatic rings. The standard InChI is InChI=1S/C10H8O2S2/c1-12-9-7-2-3-14-8(7)4-6(5-11)10(9)13/h2-5,13H,1H3. The molecule has 0 aliphatic heterocycles. The van der Waals surface area contributed by atoms with Crippen LogP contribution in [-0.2, 0) is 0 Å². The molecule has 0 aliphatic carbocycles. The van der Waals surface area contributed by atoms with E-state index >= 15 is 0 Å². The molecule has 2 rings (SSSR count). The molecule has 14 heavy (non-hydrogen) atoms. The molecular weight excluding hydrogens is 216 g/mol. The lowest BCUT2D eigenvalue weighted by Crippen LogP contribution is -1.90. The van der Waals surface area contributed by atoms with Crippen LogP contribution in [0.4, 0.5) is 0 Å². The lowest BCUT2D eigenvalue weighted by Gasteiger charge is -2.07. The second kappa shape index (κ2) is 3.63. The third-order valence-electron chi connectivity index (χ3n) is 2.05. The van der Waals surface area contributed by atoms with E-state index in [-0.39, 0.29) is 0 Å². The van der Waals surface area contributed by atoms with Crippen molar-refractivity contribution in [1.29, 1.82) is 0 Å². The van der Waals surface area contributed by atoms with Crippen LogP contribution in [0.15, 0.2) is 22.4 Å². The monoisotopic (exact) mass is 224 g/mol. The number of hydrogen-bond acceptors (Lipinski definition) is 4. The number of benzene rings is 1. The average molecular weight is 224 g/mol. The third kappa shape index (κ3) is 1.31. The SMILES string of the molecule is COc1c(S)c(C=O)cc2sccc12. The number of carbonyl (C=O) groups is 1. The molecular formula is C10H8O2S2. The fraction of sp³-hybridized carbons (Fsp3) is 0.100. The Labute approximate surface area is 90.9 Å². The summed E-state index contributed by atoms with van der Waals surface area (Å²) in [4.78, 5) is 11.4. The summed E-state index contributed by atoms with van der Waals surface area (Å²) in [5.41, 5.74) is 0.570. The Bertz CT molecular complexity index is 488. The Hall–Kier alpha value is -1.00. The fourth-order valence-electron chi connectivity index (χ4n) is 1.39.